The summed E-state index contributed by atoms with van der Waals surface area (Å²) in [5.41, 5.74) is 7.10. The van der Waals surface area contributed by atoms with Crippen LogP contribution < -0.4 is 10.6 Å². The van der Waals surface area contributed by atoms with Gasteiger partial charge in [-0.15, -0.1) is 0 Å². The highest BCUT2D eigenvalue weighted by Gasteiger charge is 2.10. The van der Waals surface area contributed by atoms with Gasteiger partial charge in [0.05, 0.1) is 5.57 Å². The average Bonchev–Trinajstić information content (AvgIpc) is 2.38. The standard InChI is InChI=1S/C15H20N2O2/c1-4-17(5-2)13-8-6-12(7-9-13)10-14(11(3)18)15(16)19/h6-10H,4-5H2,1-3H3,(H2,16,19). The number of ketones is 1. The van der Waals surface area contributed by atoms with Crippen molar-refractivity contribution in [3.63, 3.8) is 0 Å². The van der Waals surface area contributed by atoms with E-state index >= 15 is 0 Å². The van der Waals surface area contributed by atoms with Gasteiger partial charge in [-0.05, 0) is 44.5 Å². The second-order valence-corrected chi connectivity index (χ2v) is 4.24. The Morgan fingerprint density at radius 3 is 2.05 bits per heavy atom. The lowest BCUT2D eigenvalue weighted by Gasteiger charge is -2.20. The Labute approximate surface area is 113 Å². The fraction of sp³-hybridized carbons (Fsp3) is 0.333. The summed E-state index contributed by atoms with van der Waals surface area (Å²) in [7, 11) is 0. The minimum absolute atomic E-state index is 0.0237. The molecule has 4 heteroatoms. The number of amides is 1. The Kier molecular flexibility index (Phi) is 5.30. The first-order chi connectivity index (χ1) is 8.99. The number of primary amides is 1. The molecule has 0 spiro atoms. The molecule has 0 bridgehead atoms. The maximum absolute atomic E-state index is 11.3. The molecule has 0 unspecified atom stereocenters. The second kappa shape index (κ2) is 6.73. The van der Waals surface area contributed by atoms with Crippen LogP contribution in [0.3, 0.4) is 0 Å². The van der Waals surface area contributed by atoms with Crippen LogP contribution in [0.5, 0.6) is 0 Å². The molecule has 0 aliphatic rings. The zero-order valence-corrected chi connectivity index (χ0v) is 11.6. The lowest BCUT2D eigenvalue weighted by atomic mass is 10.1. The van der Waals surface area contributed by atoms with Crippen molar-refractivity contribution in [2.45, 2.75) is 20.8 Å². The van der Waals surface area contributed by atoms with Crippen LogP contribution in [0.1, 0.15) is 26.3 Å². The van der Waals surface area contributed by atoms with Crippen LogP contribution in [0.15, 0.2) is 29.8 Å². The van der Waals surface area contributed by atoms with Gasteiger partial charge in [0.1, 0.15) is 0 Å². The SMILES string of the molecule is CCN(CC)c1ccc(C=C(C(C)=O)C(N)=O)cc1. The predicted octanol–water partition coefficient (Wildman–Crippen LogP) is 1.99. The predicted molar refractivity (Wildman–Crippen MR) is 77.9 cm³/mol. The molecule has 0 saturated heterocycles. The van der Waals surface area contributed by atoms with E-state index in [2.05, 4.69) is 18.7 Å². The summed E-state index contributed by atoms with van der Waals surface area (Å²) in [6.07, 6.45) is 1.52. The number of hydrogen-bond acceptors (Lipinski definition) is 3. The van der Waals surface area contributed by atoms with Gasteiger partial charge in [-0.3, -0.25) is 9.59 Å². The lowest BCUT2D eigenvalue weighted by Crippen LogP contribution is -2.21. The molecule has 0 atom stereocenters. The summed E-state index contributed by atoms with van der Waals surface area (Å²) in [6.45, 7) is 7.40. The largest absolute Gasteiger partial charge is 0.372 e. The summed E-state index contributed by atoms with van der Waals surface area (Å²) < 4.78 is 0. The van der Waals surface area contributed by atoms with Gasteiger partial charge in [-0.1, -0.05) is 12.1 Å². The van der Waals surface area contributed by atoms with Crippen molar-refractivity contribution in [1.29, 1.82) is 0 Å². The Morgan fingerprint density at radius 2 is 1.68 bits per heavy atom. The van der Waals surface area contributed by atoms with Gasteiger partial charge in [0.25, 0.3) is 5.91 Å². The molecular weight excluding hydrogens is 240 g/mol. The molecule has 4 nitrogen and oxygen atoms in total. The van der Waals surface area contributed by atoms with E-state index in [1.807, 2.05) is 24.3 Å². The second-order valence-electron chi connectivity index (χ2n) is 4.24. The van der Waals surface area contributed by atoms with Crippen LogP contribution in [0, 0.1) is 0 Å². The van der Waals surface area contributed by atoms with Crippen molar-refractivity contribution in [3.05, 3.63) is 35.4 Å². The normalized spacial score (nSPS) is 11.2. The van der Waals surface area contributed by atoms with E-state index in [4.69, 9.17) is 5.73 Å². The Hall–Kier alpha value is -2.10. The maximum Gasteiger partial charge on any atom is 0.252 e. The van der Waals surface area contributed by atoms with Crippen molar-refractivity contribution >= 4 is 23.5 Å². The minimum Gasteiger partial charge on any atom is -0.372 e. The van der Waals surface area contributed by atoms with E-state index in [0.29, 0.717) is 0 Å². The van der Waals surface area contributed by atoms with Gasteiger partial charge in [-0.25, -0.2) is 0 Å². The van der Waals surface area contributed by atoms with E-state index in [9.17, 15) is 9.59 Å². The van der Waals surface area contributed by atoms with Gasteiger partial charge in [-0.2, -0.15) is 0 Å². The summed E-state index contributed by atoms with van der Waals surface area (Å²) in [6, 6.07) is 7.69. The number of nitrogens with zero attached hydrogens (tertiary/aromatic N) is 1. The van der Waals surface area contributed by atoms with Gasteiger partial charge < -0.3 is 10.6 Å². The molecule has 2 N–H and O–H groups in total. The highest BCUT2D eigenvalue weighted by atomic mass is 16.2. The topological polar surface area (TPSA) is 63.4 Å². The van der Waals surface area contributed by atoms with E-state index in [1.165, 1.54) is 13.0 Å². The third-order valence-electron chi connectivity index (χ3n) is 2.98. The molecule has 0 saturated carbocycles. The summed E-state index contributed by atoms with van der Waals surface area (Å²) in [4.78, 5) is 24.6. The van der Waals surface area contributed by atoms with Crippen molar-refractivity contribution < 1.29 is 9.59 Å². The molecular formula is C15H20N2O2. The summed E-state index contributed by atoms with van der Waals surface area (Å²) >= 11 is 0. The maximum atomic E-state index is 11.3. The molecule has 1 aromatic rings. The van der Waals surface area contributed by atoms with Crippen LogP contribution in [0.4, 0.5) is 5.69 Å². The number of carbonyl (C=O) groups is 2. The Morgan fingerprint density at radius 1 is 1.16 bits per heavy atom. The third-order valence-corrected chi connectivity index (χ3v) is 2.98. The summed E-state index contributed by atoms with van der Waals surface area (Å²) in [5.74, 6) is -1.01. The van der Waals surface area contributed by atoms with Crippen molar-refractivity contribution in [2.24, 2.45) is 5.73 Å². The lowest BCUT2D eigenvalue weighted by molar-refractivity contribution is -0.119. The first kappa shape index (κ1) is 15.0. The number of hydrogen-bond donors (Lipinski definition) is 1. The minimum atomic E-state index is -0.694. The number of rotatable bonds is 6. The molecule has 1 amide bonds. The van der Waals surface area contributed by atoms with Crippen molar-refractivity contribution in [3.8, 4) is 0 Å². The molecule has 19 heavy (non-hydrogen) atoms. The fourth-order valence-corrected chi connectivity index (χ4v) is 1.88. The molecule has 0 radical (unpaired) electrons. The number of nitrogens with two attached hydrogens (primary N) is 1. The van der Waals surface area contributed by atoms with Gasteiger partial charge in [0.2, 0.25) is 0 Å². The molecule has 0 heterocycles. The van der Waals surface area contributed by atoms with E-state index in [-0.39, 0.29) is 11.4 Å². The van der Waals surface area contributed by atoms with Crippen LogP contribution in [-0.2, 0) is 9.59 Å². The van der Waals surface area contributed by atoms with E-state index < -0.39 is 5.91 Å². The number of carbonyl (C=O) groups excluding carboxylic acids is 2. The molecule has 0 aliphatic heterocycles. The highest BCUT2D eigenvalue weighted by Crippen LogP contribution is 2.16. The monoisotopic (exact) mass is 260 g/mol. The molecule has 102 valence electrons. The van der Waals surface area contributed by atoms with Crippen molar-refractivity contribution in [2.75, 3.05) is 18.0 Å². The first-order valence-corrected chi connectivity index (χ1v) is 6.37. The Balaban J connectivity index is 3.02. The quantitative estimate of drug-likeness (QED) is 0.483. The molecule has 1 rings (SSSR count). The summed E-state index contributed by atoms with van der Waals surface area (Å²) in [5, 5.41) is 0. The van der Waals surface area contributed by atoms with E-state index in [1.54, 1.807) is 0 Å². The first-order valence-electron chi connectivity index (χ1n) is 6.37. The smallest absolute Gasteiger partial charge is 0.252 e. The van der Waals surface area contributed by atoms with Crippen LogP contribution in [0.25, 0.3) is 6.08 Å². The average molecular weight is 260 g/mol. The zero-order valence-electron chi connectivity index (χ0n) is 11.6. The van der Waals surface area contributed by atoms with Crippen molar-refractivity contribution in [1.82, 2.24) is 0 Å². The Bertz CT molecular complexity index is 469. The van der Waals surface area contributed by atoms with Crippen LogP contribution in [-0.4, -0.2) is 24.8 Å². The van der Waals surface area contributed by atoms with Crippen LogP contribution in [0.2, 0.25) is 0 Å². The fourth-order valence-electron chi connectivity index (χ4n) is 1.88. The van der Waals surface area contributed by atoms with Gasteiger partial charge in [0, 0.05) is 18.8 Å². The van der Waals surface area contributed by atoms with E-state index in [0.717, 1.165) is 24.3 Å². The number of anilines is 1. The molecule has 0 aromatic heterocycles. The third kappa shape index (κ3) is 3.95. The van der Waals surface area contributed by atoms with Crippen LogP contribution >= 0.6 is 0 Å². The molecule has 0 aliphatic carbocycles. The van der Waals surface area contributed by atoms with Gasteiger partial charge >= 0.3 is 0 Å². The number of Topliss-reactive ketones (excluding diaryl/α,β-unsaturated/α-hetero) is 1. The van der Waals surface area contributed by atoms with Gasteiger partial charge in [0.15, 0.2) is 5.78 Å². The molecule has 1 aromatic carbocycles. The highest BCUT2D eigenvalue weighted by molar-refractivity contribution is 6.21. The zero-order chi connectivity index (χ0) is 14.4. The number of benzene rings is 1. The molecule has 0 fully saturated rings.